The number of alkyl halides is 1. The molecule has 0 aliphatic carbocycles. The highest BCUT2D eigenvalue weighted by Gasteiger charge is 2.07. The molecular weight excluding hydrogens is 214 g/mol. The van der Waals surface area contributed by atoms with Crippen molar-refractivity contribution in [2.75, 3.05) is 5.21 Å². The second kappa shape index (κ2) is 4.08. The molecule has 0 spiro atoms. The Kier molecular flexibility index (Phi) is 3.29. The standard InChI is InChI=1S/C6H10ClN3O2S/c1-10-3-2-6(9-10)4-8-13(11,12)5-7/h2-3,8H,4-5H2,1H3. The molecule has 1 aromatic rings. The third-order valence-corrected chi connectivity index (χ3v) is 3.12. The first-order chi connectivity index (χ1) is 6.03. The smallest absolute Gasteiger partial charge is 0.226 e. The Morgan fingerprint density at radius 2 is 2.38 bits per heavy atom. The van der Waals surface area contributed by atoms with Gasteiger partial charge < -0.3 is 0 Å². The second-order valence-corrected chi connectivity index (χ2v) is 4.92. The van der Waals surface area contributed by atoms with Gasteiger partial charge in [0.15, 0.2) is 0 Å². The van der Waals surface area contributed by atoms with Crippen LogP contribution in [0.4, 0.5) is 0 Å². The van der Waals surface area contributed by atoms with Crippen molar-refractivity contribution in [3.8, 4) is 0 Å². The second-order valence-electron chi connectivity index (χ2n) is 2.53. The molecule has 1 rings (SSSR count). The van der Waals surface area contributed by atoms with Gasteiger partial charge in [-0.2, -0.15) is 5.10 Å². The topological polar surface area (TPSA) is 64.0 Å². The number of halogens is 1. The molecule has 5 nitrogen and oxygen atoms in total. The average molecular weight is 224 g/mol. The Bertz CT molecular complexity index is 373. The highest BCUT2D eigenvalue weighted by molar-refractivity contribution is 7.90. The molecule has 0 aliphatic rings. The van der Waals surface area contributed by atoms with Crippen LogP contribution < -0.4 is 4.72 Å². The van der Waals surface area contributed by atoms with Gasteiger partial charge in [-0.05, 0) is 6.07 Å². The molecule has 0 amide bonds. The van der Waals surface area contributed by atoms with E-state index in [4.69, 9.17) is 11.6 Å². The Hall–Kier alpha value is -0.590. The van der Waals surface area contributed by atoms with E-state index in [1.807, 2.05) is 0 Å². The molecule has 0 aromatic carbocycles. The fourth-order valence-electron chi connectivity index (χ4n) is 0.780. The number of sulfonamides is 1. The number of hydrogen-bond acceptors (Lipinski definition) is 3. The number of nitrogens with zero attached hydrogens (tertiary/aromatic N) is 2. The van der Waals surface area contributed by atoms with E-state index in [1.54, 1.807) is 24.0 Å². The summed E-state index contributed by atoms with van der Waals surface area (Å²) in [6.07, 6.45) is 1.74. The molecule has 1 aromatic heterocycles. The number of nitrogens with one attached hydrogen (secondary N) is 1. The first-order valence-corrected chi connectivity index (χ1v) is 5.74. The predicted octanol–water partition coefficient (Wildman–Crippen LogP) is 0.0358. The normalized spacial score (nSPS) is 11.8. The maximum atomic E-state index is 10.9. The van der Waals surface area contributed by atoms with E-state index < -0.39 is 15.2 Å². The van der Waals surface area contributed by atoms with Crippen LogP contribution >= 0.6 is 11.6 Å². The SMILES string of the molecule is Cn1ccc(CNS(=O)(=O)CCl)n1. The van der Waals surface area contributed by atoms with Crippen molar-refractivity contribution >= 4 is 21.6 Å². The molecule has 13 heavy (non-hydrogen) atoms. The molecule has 1 N–H and O–H groups in total. The summed E-state index contributed by atoms with van der Waals surface area (Å²) in [5.74, 6) is 0. The fourth-order valence-corrected chi connectivity index (χ4v) is 1.46. The average Bonchev–Trinajstić information content (AvgIpc) is 2.48. The van der Waals surface area contributed by atoms with Crippen LogP contribution in [0.5, 0.6) is 0 Å². The maximum Gasteiger partial charge on any atom is 0.226 e. The van der Waals surface area contributed by atoms with Crippen molar-refractivity contribution < 1.29 is 8.42 Å². The number of hydrogen-bond donors (Lipinski definition) is 1. The lowest BCUT2D eigenvalue weighted by molar-refractivity contribution is 0.584. The monoisotopic (exact) mass is 223 g/mol. The minimum atomic E-state index is -3.34. The van der Waals surface area contributed by atoms with Gasteiger partial charge >= 0.3 is 0 Å². The molecule has 0 fully saturated rings. The summed E-state index contributed by atoms with van der Waals surface area (Å²) in [5, 5.41) is 3.56. The molecule has 0 bridgehead atoms. The van der Waals surface area contributed by atoms with Gasteiger partial charge in [0.1, 0.15) is 5.21 Å². The van der Waals surface area contributed by atoms with E-state index in [2.05, 4.69) is 9.82 Å². The summed E-state index contributed by atoms with van der Waals surface area (Å²) in [7, 11) is -1.58. The zero-order chi connectivity index (χ0) is 9.90. The van der Waals surface area contributed by atoms with E-state index in [0.717, 1.165) is 0 Å². The van der Waals surface area contributed by atoms with Gasteiger partial charge in [0.25, 0.3) is 0 Å². The third kappa shape index (κ3) is 3.33. The van der Waals surface area contributed by atoms with Gasteiger partial charge in [-0.25, -0.2) is 13.1 Å². The van der Waals surface area contributed by atoms with Crippen molar-refractivity contribution in [3.05, 3.63) is 18.0 Å². The lowest BCUT2D eigenvalue weighted by Crippen LogP contribution is -2.24. The maximum absolute atomic E-state index is 10.9. The van der Waals surface area contributed by atoms with Gasteiger partial charge in [-0.3, -0.25) is 4.68 Å². The molecule has 1 heterocycles. The van der Waals surface area contributed by atoms with E-state index >= 15 is 0 Å². The Labute approximate surface area is 81.7 Å². The molecule has 0 saturated heterocycles. The van der Waals surface area contributed by atoms with Gasteiger partial charge in [0.2, 0.25) is 10.0 Å². The van der Waals surface area contributed by atoms with Crippen molar-refractivity contribution in [2.24, 2.45) is 7.05 Å². The molecule has 0 radical (unpaired) electrons. The molecular formula is C6H10ClN3O2S. The Morgan fingerprint density at radius 3 is 2.85 bits per heavy atom. The first kappa shape index (κ1) is 10.5. The fraction of sp³-hybridized carbons (Fsp3) is 0.500. The van der Waals surface area contributed by atoms with Crippen molar-refractivity contribution in [2.45, 2.75) is 6.54 Å². The van der Waals surface area contributed by atoms with Crippen molar-refractivity contribution in [1.82, 2.24) is 14.5 Å². The third-order valence-electron chi connectivity index (χ3n) is 1.39. The molecule has 7 heteroatoms. The molecule has 0 atom stereocenters. The Balaban J connectivity index is 2.53. The van der Waals surface area contributed by atoms with E-state index in [9.17, 15) is 8.42 Å². The van der Waals surface area contributed by atoms with Crippen LogP contribution in [0.25, 0.3) is 0 Å². The highest BCUT2D eigenvalue weighted by Crippen LogP contribution is 1.95. The van der Waals surface area contributed by atoms with E-state index in [-0.39, 0.29) is 6.54 Å². The van der Waals surface area contributed by atoms with Crippen LogP contribution in [0.2, 0.25) is 0 Å². The van der Waals surface area contributed by atoms with Crippen LogP contribution in [0.3, 0.4) is 0 Å². The summed E-state index contributed by atoms with van der Waals surface area (Å²) >= 11 is 5.19. The molecule has 0 saturated carbocycles. The summed E-state index contributed by atoms with van der Waals surface area (Å²) in [5.41, 5.74) is 0.663. The van der Waals surface area contributed by atoms with E-state index in [0.29, 0.717) is 5.69 Å². The van der Waals surface area contributed by atoms with Crippen LogP contribution in [0.15, 0.2) is 12.3 Å². The van der Waals surface area contributed by atoms with Crippen LogP contribution in [-0.4, -0.2) is 23.4 Å². The lowest BCUT2D eigenvalue weighted by Gasteiger charge is -1.99. The minimum absolute atomic E-state index is 0.176. The number of rotatable bonds is 4. The largest absolute Gasteiger partial charge is 0.276 e. The van der Waals surface area contributed by atoms with Gasteiger partial charge in [0.05, 0.1) is 12.2 Å². The summed E-state index contributed by atoms with van der Waals surface area (Å²) < 4.78 is 25.7. The minimum Gasteiger partial charge on any atom is -0.276 e. The van der Waals surface area contributed by atoms with Gasteiger partial charge in [0, 0.05) is 13.2 Å². The molecule has 0 aliphatic heterocycles. The van der Waals surface area contributed by atoms with Gasteiger partial charge in [-0.1, -0.05) is 0 Å². The lowest BCUT2D eigenvalue weighted by atomic mass is 10.4. The first-order valence-electron chi connectivity index (χ1n) is 3.55. The molecule has 74 valence electrons. The molecule has 0 unspecified atom stereocenters. The predicted molar refractivity (Wildman–Crippen MR) is 49.7 cm³/mol. The number of aryl methyl sites for hydroxylation is 1. The zero-order valence-electron chi connectivity index (χ0n) is 7.07. The number of aromatic nitrogens is 2. The van der Waals surface area contributed by atoms with Gasteiger partial charge in [-0.15, -0.1) is 11.6 Å². The van der Waals surface area contributed by atoms with Crippen LogP contribution in [0.1, 0.15) is 5.69 Å². The van der Waals surface area contributed by atoms with Crippen LogP contribution in [-0.2, 0) is 23.6 Å². The summed E-state index contributed by atoms with van der Waals surface area (Å²) in [6, 6.07) is 1.73. The highest BCUT2D eigenvalue weighted by atomic mass is 35.5. The summed E-state index contributed by atoms with van der Waals surface area (Å²) in [4.78, 5) is 0. The zero-order valence-corrected chi connectivity index (χ0v) is 8.64. The van der Waals surface area contributed by atoms with Crippen molar-refractivity contribution in [1.29, 1.82) is 0 Å². The van der Waals surface area contributed by atoms with E-state index in [1.165, 1.54) is 0 Å². The Morgan fingerprint density at radius 1 is 1.69 bits per heavy atom. The van der Waals surface area contributed by atoms with Crippen LogP contribution in [0, 0.1) is 0 Å². The quantitative estimate of drug-likeness (QED) is 0.733. The van der Waals surface area contributed by atoms with Crippen molar-refractivity contribution in [3.63, 3.8) is 0 Å². The summed E-state index contributed by atoms with van der Waals surface area (Å²) in [6.45, 7) is 0.176.